The van der Waals surface area contributed by atoms with Crippen LogP contribution in [0, 0.1) is 5.82 Å². The van der Waals surface area contributed by atoms with E-state index < -0.39 is 11.9 Å². The number of nitrogens with one attached hydrogen (secondary N) is 1. The summed E-state index contributed by atoms with van der Waals surface area (Å²) in [5, 5.41) is 3.07. The van der Waals surface area contributed by atoms with Crippen molar-refractivity contribution in [2.24, 2.45) is 0 Å². The van der Waals surface area contributed by atoms with Crippen LogP contribution in [0.5, 0.6) is 0 Å². The summed E-state index contributed by atoms with van der Waals surface area (Å²) in [5.41, 5.74) is 1.60. The quantitative estimate of drug-likeness (QED) is 0.608. The van der Waals surface area contributed by atoms with Crippen molar-refractivity contribution >= 4 is 23.4 Å². The first kappa shape index (κ1) is 21.5. The monoisotopic (exact) mass is 424 g/mol. The molecular formula is C24H22ClFN2O2. The molecule has 154 valence electrons. The van der Waals surface area contributed by atoms with Crippen LogP contribution in [-0.4, -0.2) is 29.8 Å². The number of hydrogen-bond donors (Lipinski definition) is 1. The fourth-order valence-corrected chi connectivity index (χ4v) is 3.37. The number of halogens is 2. The first-order valence-corrected chi connectivity index (χ1v) is 9.91. The van der Waals surface area contributed by atoms with Crippen molar-refractivity contribution in [1.82, 2.24) is 10.2 Å². The minimum absolute atomic E-state index is 0.00314. The Hall–Kier alpha value is -3.18. The highest BCUT2D eigenvalue weighted by atomic mass is 35.5. The largest absolute Gasteiger partial charge is 0.340 e. The highest BCUT2D eigenvalue weighted by Crippen LogP contribution is 2.21. The predicted molar refractivity (Wildman–Crippen MR) is 116 cm³/mol. The third-order valence-electron chi connectivity index (χ3n) is 4.76. The molecule has 0 heterocycles. The number of carbonyl (C=O) groups is 2. The van der Waals surface area contributed by atoms with Gasteiger partial charge in [-0.25, -0.2) is 4.39 Å². The number of hydrogen-bond acceptors (Lipinski definition) is 2. The summed E-state index contributed by atoms with van der Waals surface area (Å²) in [5.74, 6) is -1.15. The molecule has 2 amide bonds. The van der Waals surface area contributed by atoms with Gasteiger partial charge in [0.05, 0.1) is 0 Å². The van der Waals surface area contributed by atoms with Crippen LogP contribution < -0.4 is 5.32 Å². The maximum atomic E-state index is 14.2. The SMILES string of the molecule is CN(Cc1c(F)cccc1Cl)C(=O)C(Cc1ccccc1)NC(=O)c1ccccc1. The van der Waals surface area contributed by atoms with Gasteiger partial charge < -0.3 is 10.2 Å². The van der Waals surface area contributed by atoms with Gasteiger partial charge in [-0.15, -0.1) is 0 Å². The first-order valence-electron chi connectivity index (χ1n) is 9.53. The Morgan fingerprint density at radius 3 is 2.23 bits per heavy atom. The molecule has 0 fully saturated rings. The Balaban J connectivity index is 1.81. The lowest BCUT2D eigenvalue weighted by molar-refractivity contribution is -0.132. The fourth-order valence-electron chi connectivity index (χ4n) is 3.15. The number of nitrogens with zero attached hydrogens (tertiary/aromatic N) is 1. The standard InChI is InChI=1S/C24H22ClFN2O2/c1-28(16-19-20(25)13-8-14-21(19)26)24(30)22(15-17-9-4-2-5-10-17)27-23(29)18-11-6-3-7-12-18/h2-14,22H,15-16H2,1H3,(H,27,29). The smallest absolute Gasteiger partial charge is 0.251 e. The summed E-state index contributed by atoms with van der Waals surface area (Å²) in [6.45, 7) is -0.00314. The third kappa shape index (κ3) is 5.45. The molecule has 1 N–H and O–H groups in total. The molecule has 0 bridgehead atoms. The van der Waals surface area contributed by atoms with Gasteiger partial charge in [-0.3, -0.25) is 9.59 Å². The lowest BCUT2D eigenvalue weighted by atomic mass is 10.0. The van der Waals surface area contributed by atoms with E-state index in [0.717, 1.165) is 5.56 Å². The van der Waals surface area contributed by atoms with Crippen LogP contribution in [0.15, 0.2) is 78.9 Å². The molecule has 0 aliphatic heterocycles. The maximum Gasteiger partial charge on any atom is 0.251 e. The molecule has 1 unspecified atom stereocenters. The highest BCUT2D eigenvalue weighted by Gasteiger charge is 2.26. The molecule has 1 atom stereocenters. The Kier molecular flexibility index (Phi) is 7.20. The van der Waals surface area contributed by atoms with E-state index in [9.17, 15) is 14.0 Å². The summed E-state index contributed by atoms with van der Waals surface area (Å²) in [7, 11) is 1.57. The number of likely N-dealkylation sites (N-methyl/N-ethyl adjacent to an activating group) is 1. The van der Waals surface area contributed by atoms with Crippen LogP contribution in [0.2, 0.25) is 5.02 Å². The average molecular weight is 425 g/mol. The summed E-state index contributed by atoms with van der Waals surface area (Å²) < 4.78 is 14.2. The van der Waals surface area contributed by atoms with Crippen LogP contribution in [0.3, 0.4) is 0 Å². The Bertz CT molecular complexity index is 992. The summed E-state index contributed by atoms with van der Waals surface area (Å²) >= 11 is 6.10. The van der Waals surface area contributed by atoms with E-state index in [1.807, 2.05) is 36.4 Å². The Morgan fingerprint density at radius 2 is 1.60 bits per heavy atom. The molecule has 3 rings (SSSR count). The number of rotatable bonds is 7. The van der Waals surface area contributed by atoms with Gasteiger partial charge in [0, 0.05) is 36.2 Å². The van der Waals surface area contributed by atoms with E-state index >= 15 is 0 Å². The normalized spacial score (nSPS) is 11.6. The van der Waals surface area contributed by atoms with Crippen molar-refractivity contribution in [2.45, 2.75) is 19.0 Å². The van der Waals surface area contributed by atoms with E-state index in [2.05, 4.69) is 5.32 Å². The van der Waals surface area contributed by atoms with Gasteiger partial charge in [-0.2, -0.15) is 0 Å². The van der Waals surface area contributed by atoms with Crippen molar-refractivity contribution in [2.75, 3.05) is 7.05 Å². The van der Waals surface area contributed by atoms with E-state index in [-0.39, 0.29) is 28.9 Å². The van der Waals surface area contributed by atoms with Gasteiger partial charge in [-0.1, -0.05) is 66.2 Å². The van der Waals surface area contributed by atoms with Gasteiger partial charge in [0.25, 0.3) is 5.91 Å². The summed E-state index contributed by atoms with van der Waals surface area (Å²) in [6.07, 6.45) is 0.313. The third-order valence-corrected chi connectivity index (χ3v) is 5.11. The summed E-state index contributed by atoms with van der Waals surface area (Å²) in [4.78, 5) is 27.2. The molecule has 3 aromatic rings. The second kappa shape index (κ2) is 10.0. The van der Waals surface area contributed by atoms with Crippen molar-refractivity contribution in [3.63, 3.8) is 0 Å². The van der Waals surface area contributed by atoms with Crippen LogP contribution in [-0.2, 0) is 17.8 Å². The average Bonchev–Trinajstić information content (AvgIpc) is 2.76. The molecule has 4 nitrogen and oxygen atoms in total. The molecule has 3 aromatic carbocycles. The zero-order chi connectivity index (χ0) is 21.5. The molecule has 0 saturated heterocycles. The van der Waals surface area contributed by atoms with E-state index in [1.165, 1.54) is 17.0 Å². The maximum absolute atomic E-state index is 14.2. The van der Waals surface area contributed by atoms with E-state index in [1.54, 1.807) is 37.4 Å². The lowest BCUT2D eigenvalue weighted by Gasteiger charge is -2.25. The topological polar surface area (TPSA) is 49.4 Å². The number of amides is 2. The van der Waals surface area contributed by atoms with E-state index in [0.29, 0.717) is 12.0 Å². The minimum Gasteiger partial charge on any atom is -0.340 e. The molecule has 6 heteroatoms. The van der Waals surface area contributed by atoms with Crippen LogP contribution in [0.4, 0.5) is 4.39 Å². The second-order valence-corrected chi connectivity index (χ2v) is 7.38. The van der Waals surface area contributed by atoms with Gasteiger partial charge in [0.1, 0.15) is 11.9 Å². The Labute approximate surface area is 180 Å². The van der Waals surface area contributed by atoms with E-state index in [4.69, 9.17) is 11.6 Å². The summed E-state index contributed by atoms with van der Waals surface area (Å²) in [6, 6.07) is 21.7. The lowest BCUT2D eigenvalue weighted by Crippen LogP contribution is -2.48. The van der Waals surface area contributed by atoms with Gasteiger partial charge in [-0.05, 0) is 29.8 Å². The van der Waals surface area contributed by atoms with Crippen LogP contribution in [0.1, 0.15) is 21.5 Å². The fraction of sp³-hybridized carbons (Fsp3) is 0.167. The van der Waals surface area contributed by atoms with Crippen molar-refractivity contribution in [1.29, 1.82) is 0 Å². The zero-order valence-corrected chi connectivity index (χ0v) is 17.3. The minimum atomic E-state index is -0.810. The van der Waals surface area contributed by atoms with Crippen molar-refractivity contribution in [3.05, 3.63) is 106 Å². The van der Waals surface area contributed by atoms with Gasteiger partial charge in [0.15, 0.2) is 0 Å². The molecule has 0 aliphatic carbocycles. The van der Waals surface area contributed by atoms with Crippen molar-refractivity contribution < 1.29 is 14.0 Å². The van der Waals surface area contributed by atoms with Crippen LogP contribution >= 0.6 is 11.6 Å². The molecule has 30 heavy (non-hydrogen) atoms. The predicted octanol–water partition coefficient (Wildman–Crippen LogP) is 4.48. The highest BCUT2D eigenvalue weighted by molar-refractivity contribution is 6.31. The molecule has 0 spiro atoms. The molecule has 0 aromatic heterocycles. The number of carbonyl (C=O) groups excluding carboxylic acids is 2. The number of benzene rings is 3. The zero-order valence-electron chi connectivity index (χ0n) is 16.5. The van der Waals surface area contributed by atoms with Gasteiger partial charge in [0.2, 0.25) is 5.91 Å². The Morgan fingerprint density at radius 1 is 0.967 bits per heavy atom. The second-order valence-electron chi connectivity index (χ2n) is 6.98. The van der Waals surface area contributed by atoms with Crippen molar-refractivity contribution in [3.8, 4) is 0 Å². The van der Waals surface area contributed by atoms with Crippen LogP contribution in [0.25, 0.3) is 0 Å². The molecule has 0 saturated carbocycles. The molecule has 0 radical (unpaired) electrons. The first-order chi connectivity index (χ1) is 14.5. The molecule has 0 aliphatic rings. The molecular weight excluding hydrogens is 403 g/mol. The van der Waals surface area contributed by atoms with Gasteiger partial charge >= 0.3 is 0 Å².